The van der Waals surface area contributed by atoms with E-state index < -0.39 is 23.9 Å². The largest absolute Gasteiger partial charge is 0.573 e. The van der Waals surface area contributed by atoms with E-state index in [1.165, 1.54) is 24.3 Å². The number of rotatable bonds is 4. The summed E-state index contributed by atoms with van der Waals surface area (Å²) in [4.78, 5) is 11.7. The van der Waals surface area contributed by atoms with Gasteiger partial charge in [-0.25, -0.2) is 9.18 Å². The fourth-order valence-corrected chi connectivity index (χ4v) is 1.95. The molecule has 0 saturated carbocycles. The van der Waals surface area contributed by atoms with Crippen LogP contribution >= 0.6 is 0 Å². The normalized spacial score (nSPS) is 11.2. The molecule has 0 aromatic heterocycles. The summed E-state index contributed by atoms with van der Waals surface area (Å²) in [5.74, 6) is -1.80. The first-order valence-corrected chi connectivity index (χ1v) is 6.63. The van der Waals surface area contributed by atoms with E-state index in [0.29, 0.717) is 0 Å². The predicted molar refractivity (Wildman–Crippen MR) is 74.5 cm³/mol. The van der Waals surface area contributed by atoms with Crippen LogP contribution in [0.3, 0.4) is 0 Å². The Bertz CT molecular complexity index is 711. The topological polar surface area (TPSA) is 35.5 Å². The summed E-state index contributed by atoms with van der Waals surface area (Å²) in [7, 11) is 0. The molecule has 2 aromatic carbocycles. The van der Waals surface area contributed by atoms with Crippen LogP contribution in [0.15, 0.2) is 42.5 Å². The van der Waals surface area contributed by atoms with E-state index in [4.69, 9.17) is 4.74 Å². The molecule has 122 valence electrons. The highest BCUT2D eigenvalue weighted by Crippen LogP contribution is 2.30. The van der Waals surface area contributed by atoms with Gasteiger partial charge in [0.15, 0.2) is 0 Å². The van der Waals surface area contributed by atoms with Gasteiger partial charge in [-0.1, -0.05) is 12.1 Å². The van der Waals surface area contributed by atoms with Crippen LogP contribution in [0, 0.1) is 5.82 Å². The van der Waals surface area contributed by atoms with Crippen LogP contribution < -0.4 is 4.74 Å². The molecule has 2 aromatic rings. The zero-order valence-electron chi connectivity index (χ0n) is 12.0. The predicted octanol–water partition coefficient (Wildman–Crippen LogP) is 4.57. The molecular formula is C16H12F4O3. The first-order valence-electron chi connectivity index (χ1n) is 6.63. The maximum Gasteiger partial charge on any atom is 0.573 e. The van der Waals surface area contributed by atoms with E-state index in [-0.39, 0.29) is 23.3 Å². The van der Waals surface area contributed by atoms with Gasteiger partial charge < -0.3 is 9.47 Å². The molecule has 0 fully saturated rings. The van der Waals surface area contributed by atoms with Gasteiger partial charge in [0.05, 0.1) is 12.2 Å². The molecular weight excluding hydrogens is 316 g/mol. The highest BCUT2D eigenvalue weighted by Gasteiger charge is 2.31. The zero-order chi connectivity index (χ0) is 17.0. The van der Waals surface area contributed by atoms with Gasteiger partial charge in [0.2, 0.25) is 0 Å². The molecule has 0 aliphatic rings. The third kappa shape index (κ3) is 4.45. The van der Waals surface area contributed by atoms with Gasteiger partial charge in [-0.3, -0.25) is 0 Å². The lowest BCUT2D eigenvalue weighted by Crippen LogP contribution is -2.17. The lowest BCUT2D eigenvalue weighted by Gasteiger charge is -2.11. The SMILES string of the molecule is CCOC(=O)c1ccc(F)c(-c2cccc(OC(F)(F)F)c2)c1. The maximum atomic E-state index is 14.0. The van der Waals surface area contributed by atoms with E-state index in [1.54, 1.807) is 6.92 Å². The number of esters is 1. The van der Waals surface area contributed by atoms with Gasteiger partial charge >= 0.3 is 12.3 Å². The number of hydrogen-bond donors (Lipinski definition) is 0. The van der Waals surface area contributed by atoms with Gasteiger partial charge in [0, 0.05) is 5.56 Å². The summed E-state index contributed by atoms with van der Waals surface area (Å²) in [6.45, 7) is 1.78. The van der Waals surface area contributed by atoms with Gasteiger partial charge in [0.1, 0.15) is 11.6 Å². The smallest absolute Gasteiger partial charge is 0.462 e. The number of halogens is 4. The van der Waals surface area contributed by atoms with Crippen molar-refractivity contribution < 1.29 is 31.8 Å². The molecule has 23 heavy (non-hydrogen) atoms. The molecule has 7 heteroatoms. The van der Waals surface area contributed by atoms with Crippen molar-refractivity contribution in [2.45, 2.75) is 13.3 Å². The first-order chi connectivity index (χ1) is 10.8. The van der Waals surface area contributed by atoms with E-state index in [0.717, 1.165) is 18.2 Å². The summed E-state index contributed by atoms with van der Waals surface area (Å²) in [5, 5.41) is 0. The van der Waals surface area contributed by atoms with E-state index in [1.807, 2.05) is 0 Å². The fraction of sp³-hybridized carbons (Fsp3) is 0.188. The Hall–Kier alpha value is -2.57. The van der Waals surface area contributed by atoms with Gasteiger partial charge in [0.25, 0.3) is 0 Å². The quantitative estimate of drug-likeness (QED) is 0.609. The van der Waals surface area contributed by atoms with Crippen molar-refractivity contribution >= 4 is 5.97 Å². The summed E-state index contributed by atoms with van der Waals surface area (Å²) >= 11 is 0. The second-order valence-electron chi connectivity index (χ2n) is 4.49. The van der Waals surface area contributed by atoms with Crippen molar-refractivity contribution in [3.63, 3.8) is 0 Å². The van der Waals surface area contributed by atoms with Crippen LogP contribution in [0.25, 0.3) is 11.1 Å². The molecule has 0 radical (unpaired) electrons. The average Bonchev–Trinajstić information content (AvgIpc) is 2.46. The minimum atomic E-state index is -4.84. The second kappa shape index (κ2) is 6.68. The minimum Gasteiger partial charge on any atom is -0.462 e. The van der Waals surface area contributed by atoms with Crippen LogP contribution in [0.5, 0.6) is 5.75 Å². The van der Waals surface area contributed by atoms with Crippen LogP contribution in [0.2, 0.25) is 0 Å². The Morgan fingerprint density at radius 1 is 1.13 bits per heavy atom. The molecule has 0 heterocycles. The van der Waals surface area contributed by atoms with Gasteiger partial charge in [-0.15, -0.1) is 13.2 Å². The standard InChI is InChI=1S/C16H12F4O3/c1-2-22-15(21)11-6-7-14(17)13(9-11)10-4-3-5-12(8-10)23-16(18,19)20/h3-9H,2H2,1H3. The molecule has 2 rings (SSSR count). The maximum absolute atomic E-state index is 14.0. The van der Waals surface area contributed by atoms with Gasteiger partial charge in [-0.2, -0.15) is 0 Å². The molecule has 3 nitrogen and oxygen atoms in total. The van der Waals surface area contributed by atoms with Gasteiger partial charge in [-0.05, 0) is 42.8 Å². The average molecular weight is 328 g/mol. The molecule has 0 bridgehead atoms. The monoisotopic (exact) mass is 328 g/mol. The number of carbonyl (C=O) groups excluding carboxylic acids is 1. The molecule has 0 N–H and O–H groups in total. The second-order valence-corrected chi connectivity index (χ2v) is 4.49. The molecule has 0 aliphatic heterocycles. The van der Waals surface area contributed by atoms with E-state index >= 15 is 0 Å². The fourth-order valence-electron chi connectivity index (χ4n) is 1.95. The molecule has 0 unspecified atom stereocenters. The minimum absolute atomic E-state index is 0.0248. The number of hydrogen-bond acceptors (Lipinski definition) is 3. The Morgan fingerprint density at radius 3 is 2.52 bits per heavy atom. The Morgan fingerprint density at radius 2 is 1.87 bits per heavy atom. The third-order valence-corrected chi connectivity index (χ3v) is 2.86. The van der Waals surface area contributed by atoms with E-state index in [9.17, 15) is 22.4 Å². The van der Waals surface area contributed by atoms with Crippen molar-refractivity contribution in [3.05, 3.63) is 53.8 Å². The van der Waals surface area contributed by atoms with Crippen LogP contribution in [-0.2, 0) is 4.74 Å². The molecule has 0 amide bonds. The van der Waals surface area contributed by atoms with Crippen molar-refractivity contribution in [2.24, 2.45) is 0 Å². The Labute approximate surface area is 129 Å². The summed E-state index contributed by atoms with van der Waals surface area (Å²) in [6.07, 6.45) is -4.84. The lowest BCUT2D eigenvalue weighted by molar-refractivity contribution is -0.274. The summed E-state index contributed by atoms with van der Waals surface area (Å²) < 4.78 is 59.3. The van der Waals surface area contributed by atoms with Crippen molar-refractivity contribution in [2.75, 3.05) is 6.61 Å². The van der Waals surface area contributed by atoms with Crippen molar-refractivity contribution in [1.29, 1.82) is 0 Å². The van der Waals surface area contributed by atoms with Crippen molar-refractivity contribution in [1.82, 2.24) is 0 Å². The number of benzene rings is 2. The highest BCUT2D eigenvalue weighted by atomic mass is 19.4. The first kappa shape index (κ1) is 16.8. The number of alkyl halides is 3. The number of ether oxygens (including phenoxy) is 2. The van der Waals surface area contributed by atoms with Crippen LogP contribution in [0.1, 0.15) is 17.3 Å². The van der Waals surface area contributed by atoms with Crippen LogP contribution in [-0.4, -0.2) is 18.9 Å². The molecule has 0 aliphatic carbocycles. The summed E-state index contributed by atoms with van der Waals surface area (Å²) in [5.41, 5.74) is 0.226. The lowest BCUT2D eigenvalue weighted by atomic mass is 10.0. The number of carbonyl (C=O) groups is 1. The van der Waals surface area contributed by atoms with E-state index in [2.05, 4.69) is 4.74 Å². The zero-order valence-corrected chi connectivity index (χ0v) is 12.0. The Kier molecular flexibility index (Phi) is 4.88. The molecule has 0 atom stereocenters. The molecule has 0 saturated heterocycles. The Balaban J connectivity index is 2.39. The highest BCUT2D eigenvalue weighted by molar-refractivity contribution is 5.91. The van der Waals surface area contributed by atoms with Crippen molar-refractivity contribution in [3.8, 4) is 16.9 Å². The third-order valence-electron chi connectivity index (χ3n) is 2.86. The summed E-state index contributed by atoms with van der Waals surface area (Å²) in [6, 6.07) is 8.38. The van der Waals surface area contributed by atoms with Crippen LogP contribution in [0.4, 0.5) is 17.6 Å². The molecule has 0 spiro atoms.